The molecule has 0 aliphatic rings. The molecule has 2 aromatic rings. The second-order valence-corrected chi connectivity index (χ2v) is 5.87. The number of carbonyl (C=O) groups is 1. The van der Waals surface area contributed by atoms with E-state index in [9.17, 15) is 9.18 Å². The summed E-state index contributed by atoms with van der Waals surface area (Å²) in [6.07, 6.45) is 0. The first-order chi connectivity index (χ1) is 9.93. The fourth-order valence-electron chi connectivity index (χ4n) is 2.07. The van der Waals surface area contributed by atoms with E-state index in [-0.39, 0.29) is 5.56 Å². The van der Waals surface area contributed by atoms with Crippen LogP contribution in [0.4, 0.5) is 4.39 Å². The Morgan fingerprint density at radius 2 is 1.95 bits per heavy atom. The summed E-state index contributed by atoms with van der Waals surface area (Å²) in [7, 11) is 0. The summed E-state index contributed by atoms with van der Waals surface area (Å²) in [6.45, 7) is 2.00. The molecular weight excluding hydrogens is 335 g/mol. The minimum Gasteiger partial charge on any atom is -0.368 e. The minimum atomic E-state index is -1.29. The van der Waals surface area contributed by atoms with Crippen molar-refractivity contribution >= 4 is 21.8 Å². The maximum Gasteiger partial charge on any atom is 0.242 e. The average molecular weight is 351 g/mol. The molecule has 0 bridgehead atoms. The molecule has 0 spiro atoms. The molecule has 21 heavy (non-hydrogen) atoms. The maximum absolute atomic E-state index is 14.1. The molecule has 0 aromatic heterocycles. The van der Waals surface area contributed by atoms with Gasteiger partial charge in [-0.25, -0.2) is 4.39 Å². The number of benzene rings is 2. The lowest BCUT2D eigenvalue weighted by atomic mass is 9.90. The molecule has 1 amide bonds. The van der Waals surface area contributed by atoms with Crippen molar-refractivity contribution in [1.29, 1.82) is 0 Å². The first-order valence-corrected chi connectivity index (χ1v) is 7.27. The third-order valence-corrected chi connectivity index (χ3v) is 3.94. The molecule has 0 aliphatic carbocycles. The zero-order chi connectivity index (χ0) is 15.5. The summed E-state index contributed by atoms with van der Waals surface area (Å²) in [6, 6.07) is 14.0. The van der Waals surface area contributed by atoms with Gasteiger partial charge in [-0.3, -0.25) is 10.1 Å². The first kappa shape index (κ1) is 15.7. The van der Waals surface area contributed by atoms with Crippen molar-refractivity contribution in [3.8, 4) is 0 Å². The molecule has 110 valence electrons. The smallest absolute Gasteiger partial charge is 0.242 e. The Kier molecular flexibility index (Phi) is 4.75. The van der Waals surface area contributed by atoms with Crippen molar-refractivity contribution < 1.29 is 9.18 Å². The Morgan fingerprint density at radius 1 is 1.29 bits per heavy atom. The summed E-state index contributed by atoms with van der Waals surface area (Å²) < 4.78 is 14.8. The molecule has 3 nitrogen and oxygen atoms in total. The van der Waals surface area contributed by atoms with Crippen LogP contribution in [0.5, 0.6) is 0 Å². The monoisotopic (exact) mass is 350 g/mol. The lowest BCUT2D eigenvalue weighted by Gasteiger charge is -2.28. The van der Waals surface area contributed by atoms with E-state index in [1.807, 2.05) is 30.3 Å². The molecule has 1 atom stereocenters. The quantitative estimate of drug-likeness (QED) is 0.870. The molecule has 0 radical (unpaired) electrons. The van der Waals surface area contributed by atoms with E-state index in [1.54, 1.807) is 19.1 Å². The van der Waals surface area contributed by atoms with E-state index in [0.29, 0.717) is 11.0 Å². The number of halogens is 2. The van der Waals surface area contributed by atoms with Crippen molar-refractivity contribution in [3.63, 3.8) is 0 Å². The van der Waals surface area contributed by atoms with Crippen LogP contribution in [-0.2, 0) is 16.9 Å². The van der Waals surface area contributed by atoms with E-state index in [4.69, 9.17) is 5.73 Å². The van der Waals surface area contributed by atoms with Crippen LogP contribution < -0.4 is 11.1 Å². The molecule has 0 saturated carbocycles. The molecule has 2 aromatic carbocycles. The van der Waals surface area contributed by atoms with E-state index in [0.717, 1.165) is 5.56 Å². The van der Waals surface area contributed by atoms with E-state index < -0.39 is 17.3 Å². The SMILES string of the molecule is CC(NCc1ccccc1)(C(N)=O)c1cc(Br)ccc1F. The lowest BCUT2D eigenvalue weighted by molar-refractivity contribution is -0.124. The largest absolute Gasteiger partial charge is 0.368 e. The molecule has 0 fully saturated rings. The molecule has 1 unspecified atom stereocenters. The average Bonchev–Trinajstić information content (AvgIpc) is 2.48. The minimum absolute atomic E-state index is 0.223. The van der Waals surface area contributed by atoms with Gasteiger partial charge in [-0.1, -0.05) is 46.3 Å². The zero-order valence-corrected chi connectivity index (χ0v) is 13.2. The summed E-state index contributed by atoms with van der Waals surface area (Å²) in [4.78, 5) is 11.9. The highest BCUT2D eigenvalue weighted by Crippen LogP contribution is 2.27. The Bertz CT molecular complexity index is 648. The number of primary amides is 1. The molecule has 5 heteroatoms. The summed E-state index contributed by atoms with van der Waals surface area (Å²) in [5.41, 5.74) is 5.42. The predicted octanol–water partition coefficient (Wildman–Crippen LogP) is 3.08. The van der Waals surface area contributed by atoms with Crippen LogP contribution >= 0.6 is 15.9 Å². The molecule has 0 saturated heterocycles. The standard InChI is InChI=1S/C16H16BrFN2O/c1-16(15(19)21,13-9-12(17)7-8-14(13)18)20-10-11-5-3-2-4-6-11/h2-9,20H,10H2,1H3,(H2,19,21). The molecule has 2 rings (SSSR count). The van der Waals surface area contributed by atoms with Gasteiger partial charge >= 0.3 is 0 Å². The fraction of sp³-hybridized carbons (Fsp3) is 0.188. The Balaban J connectivity index is 2.32. The number of nitrogens with one attached hydrogen (secondary N) is 1. The van der Waals surface area contributed by atoms with Crippen molar-refractivity contribution in [2.24, 2.45) is 5.73 Å². The van der Waals surface area contributed by atoms with Gasteiger partial charge in [0.25, 0.3) is 0 Å². The van der Waals surface area contributed by atoms with Gasteiger partial charge in [0.05, 0.1) is 0 Å². The Hall–Kier alpha value is -1.72. The van der Waals surface area contributed by atoms with Crippen LogP contribution in [0, 0.1) is 5.82 Å². The van der Waals surface area contributed by atoms with Crippen LogP contribution in [0.15, 0.2) is 53.0 Å². The third-order valence-electron chi connectivity index (χ3n) is 3.45. The lowest BCUT2D eigenvalue weighted by Crippen LogP contribution is -2.50. The number of hydrogen-bond donors (Lipinski definition) is 2. The summed E-state index contributed by atoms with van der Waals surface area (Å²) in [5.74, 6) is -1.10. The highest BCUT2D eigenvalue weighted by atomic mass is 79.9. The van der Waals surface area contributed by atoms with Gasteiger partial charge in [-0.05, 0) is 30.7 Å². The Labute approximate surface area is 131 Å². The van der Waals surface area contributed by atoms with Gasteiger partial charge in [-0.2, -0.15) is 0 Å². The van der Waals surface area contributed by atoms with Crippen molar-refractivity contribution in [2.45, 2.75) is 19.0 Å². The van der Waals surface area contributed by atoms with Crippen LogP contribution in [0.25, 0.3) is 0 Å². The third kappa shape index (κ3) is 3.49. The van der Waals surface area contributed by atoms with Crippen LogP contribution in [0.1, 0.15) is 18.1 Å². The topological polar surface area (TPSA) is 55.1 Å². The van der Waals surface area contributed by atoms with Crippen LogP contribution in [-0.4, -0.2) is 5.91 Å². The maximum atomic E-state index is 14.1. The number of carbonyl (C=O) groups excluding carboxylic acids is 1. The predicted molar refractivity (Wildman–Crippen MR) is 83.9 cm³/mol. The number of rotatable bonds is 5. The van der Waals surface area contributed by atoms with Crippen molar-refractivity contribution in [2.75, 3.05) is 0 Å². The van der Waals surface area contributed by atoms with Gasteiger partial charge in [0.2, 0.25) is 5.91 Å². The van der Waals surface area contributed by atoms with Crippen LogP contribution in [0.2, 0.25) is 0 Å². The van der Waals surface area contributed by atoms with Gasteiger partial charge in [0, 0.05) is 16.6 Å². The number of hydrogen-bond acceptors (Lipinski definition) is 2. The summed E-state index contributed by atoms with van der Waals surface area (Å²) >= 11 is 3.29. The Morgan fingerprint density at radius 3 is 2.57 bits per heavy atom. The zero-order valence-electron chi connectivity index (χ0n) is 11.6. The second kappa shape index (κ2) is 6.37. The fourth-order valence-corrected chi connectivity index (χ4v) is 2.43. The number of nitrogens with two attached hydrogens (primary N) is 1. The van der Waals surface area contributed by atoms with E-state index in [1.165, 1.54) is 6.07 Å². The molecule has 0 aliphatic heterocycles. The normalized spacial score (nSPS) is 13.7. The highest BCUT2D eigenvalue weighted by molar-refractivity contribution is 9.10. The van der Waals surface area contributed by atoms with Gasteiger partial charge in [0.1, 0.15) is 11.4 Å². The van der Waals surface area contributed by atoms with Gasteiger partial charge in [-0.15, -0.1) is 0 Å². The molecular formula is C16H16BrFN2O. The highest BCUT2D eigenvalue weighted by Gasteiger charge is 2.35. The first-order valence-electron chi connectivity index (χ1n) is 6.48. The van der Waals surface area contributed by atoms with Crippen molar-refractivity contribution in [3.05, 3.63) is 69.9 Å². The van der Waals surface area contributed by atoms with Crippen LogP contribution in [0.3, 0.4) is 0 Å². The number of amides is 1. The second-order valence-electron chi connectivity index (χ2n) is 4.95. The van der Waals surface area contributed by atoms with E-state index >= 15 is 0 Å². The molecule has 0 heterocycles. The summed E-state index contributed by atoms with van der Waals surface area (Å²) in [5, 5.41) is 3.06. The van der Waals surface area contributed by atoms with Crippen molar-refractivity contribution in [1.82, 2.24) is 5.32 Å². The van der Waals surface area contributed by atoms with Gasteiger partial charge < -0.3 is 5.73 Å². The van der Waals surface area contributed by atoms with E-state index in [2.05, 4.69) is 21.2 Å². The molecule has 3 N–H and O–H groups in total. The van der Waals surface area contributed by atoms with Gasteiger partial charge in [0.15, 0.2) is 0 Å².